The number of hydrogen-bond acceptors (Lipinski definition) is 9. The number of aliphatic hydroxyl groups is 1. The highest BCUT2D eigenvalue weighted by molar-refractivity contribution is 6.13. The van der Waals surface area contributed by atoms with Gasteiger partial charge in [-0.3, -0.25) is 9.59 Å². The molecule has 4 unspecified atom stereocenters. The molecular formula is C32H37NO8. The van der Waals surface area contributed by atoms with Crippen molar-refractivity contribution in [3.05, 3.63) is 60.2 Å². The van der Waals surface area contributed by atoms with E-state index < -0.39 is 35.2 Å². The number of nitrogens with zero attached hydrogens (tertiary/aromatic N) is 1. The van der Waals surface area contributed by atoms with Gasteiger partial charge < -0.3 is 24.2 Å². The maximum atomic E-state index is 13.0. The van der Waals surface area contributed by atoms with E-state index in [1.54, 1.807) is 13.8 Å². The van der Waals surface area contributed by atoms with Crippen LogP contribution in [0.1, 0.15) is 45.6 Å². The van der Waals surface area contributed by atoms with E-state index in [0.29, 0.717) is 13.0 Å². The van der Waals surface area contributed by atoms with Crippen LogP contribution in [0.4, 0.5) is 0 Å². The Balaban J connectivity index is 1.46. The van der Waals surface area contributed by atoms with Gasteiger partial charge in [-0.05, 0) is 53.8 Å². The lowest BCUT2D eigenvalue weighted by molar-refractivity contribution is -0.160. The standard InChI is InChI=1S/C32H37NO8/c1-4-32(3,31(37)40-20-25-19-39-25)17-24(30(36)38-14-13-34)15-21(2)29(35)41-33-18-28-26-11-7-5-9-22(26)16-23-10-6-8-12-27(23)28/h5-12,16,18,21,24-25,34H,4,13-15,17,19-20H2,1-3H3/b33-18+. The van der Waals surface area contributed by atoms with Gasteiger partial charge in [-0.1, -0.05) is 67.5 Å². The van der Waals surface area contributed by atoms with E-state index in [1.165, 1.54) is 6.21 Å². The molecular weight excluding hydrogens is 526 g/mol. The number of carbonyl (C=O) groups is 3. The van der Waals surface area contributed by atoms with Gasteiger partial charge in [0, 0.05) is 5.56 Å². The molecule has 41 heavy (non-hydrogen) atoms. The molecule has 1 heterocycles. The van der Waals surface area contributed by atoms with Crippen molar-refractivity contribution in [3.63, 3.8) is 0 Å². The van der Waals surface area contributed by atoms with Gasteiger partial charge in [0.15, 0.2) is 0 Å². The number of rotatable bonds is 14. The first-order valence-electron chi connectivity index (χ1n) is 14.0. The third-order valence-electron chi connectivity index (χ3n) is 7.62. The molecule has 0 radical (unpaired) electrons. The minimum atomic E-state index is -0.977. The number of fused-ring (bicyclic) bond motifs is 2. The van der Waals surface area contributed by atoms with E-state index in [0.717, 1.165) is 27.1 Å². The van der Waals surface area contributed by atoms with Crippen molar-refractivity contribution in [2.24, 2.45) is 22.4 Å². The number of hydrogen-bond donors (Lipinski definition) is 1. The maximum Gasteiger partial charge on any atom is 0.337 e. The van der Waals surface area contributed by atoms with Gasteiger partial charge in [0.1, 0.15) is 19.3 Å². The molecule has 1 saturated heterocycles. The van der Waals surface area contributed by atoms with Gasteiger partial charge in [0.25, 0.3) is 0 Å². The van der Waals surface area contributed by atoms with Crippen LogP contribution >= 0.6 is 0 Å². The van der Waals surface area contributed by atoms with Crippen molar-refractivity contribution in [3.8, 4) is 0 Å². The lowest BCUT2D eigenvalue weighted by Gasteiger charge is -2.30. The monoisotopic (exact) mass is 563 g/mol. The van der Waals surface area contributed by atoms with Crippen LogP contribution in [-0.2, 0) is 33.4 Å². The normalized spacial score (nSPS) is 17.6. The molecule has 4 rings (SSSR count). The van der Waals surface area contributed by atoms with Crippen LogP contribution in [0.5, 0.6) is 0 Å². The fraction of sp³-hybridized carbons (Fsp3) is 0.438. The van der Waals surface area contributed by atoms with Gasteiger partial charge in [0.05, 0.1) is 36.7 Å². The molecule has 0 bridgehead atoms. The predicted molar refractivity (Wildman–Crippen MR) is 154 cm³/mol. The van der Waals surface area contributed by atoms with Crippen molar-refractivity contribution >= 4 is 45.7 Å². The number of carbonyl (C=O) groups excluding carboxylic acids is 3. The Morgan fingerprint density at radius 2 is 1.71 bits per heavy atom. The average molecular weight is 564 g/mol. The molecule has 9 heteroatoms. The summed E-state index contributed by atoms with van der Waals surface area (Å²) in [6, 6.07) is 17.9. The van der Waals surface area contributed by atoms with Gasteiger partial charge in [-0.15, -0.1) is 0 Å². The number of esters is 2. The second-order valence-electron chi connectivity index (χ2n) is 10.8. The first kappa shape index (κ1) is 30.1. The quantitative estimate of drug-likeness (QED) is 0.0741. The first-order chi connectivity index (χ1) is 19.8. The molecule has 0 aromatic heterocycles. The highest BCUT2D eigenvalue weighted by Gasteiger charge is 2.40. The van der Waals surface area contributed by atoms with Crippen LogP contribution in [-0.4, -0.2) is 61.8 Å². The third kappa shape index (κ3) is 7.68. The molecule has 0 aliphatic carbocycles. The van der Waals surface area contributed by atoms with Crippen LogP contribution < -0.4 is 0 Å². The van der Waals surface area contributed by atoms with Gasteiger partial charge >= 0.3 is 17.9 Å². The summed E-state index contributed by atoms with van der Waals surface area (Å²) in [5.74, 6) is -3.16. The van der Waals surface area contributed by atoms with Gasteiger partial charge in [-0.25, -0.2) is 4.79 Å². The second-order valence-corrected chi connectivity index (χ2v) is 10.8. The zero-order valence-corrected chi connectivity index (χ0v) is 23.7. The lowest BCUT2D eigenvalue weighted by atomic mass is 9.76. The summed E-state index contributed by atoms with van der Waals surface area (Å²) >= 11 is 0. The highest BCUT2D eigenvalue weighted by atomic mass is 16.7. The summed E-state index contributed by atoms with van der Waals surface area (Å²) in [7, 11) is 0. The van der Waals surface area contributed by atoms with Crippen LogP contribution in [0.3, 0.4) is 0 Å². The predicted octanol–water partition coefficient (Wildman–Crippen LogP) is 4.80. The van der Waals surface area contributed by atoms with Gasteiger partial charge in [-0.2, -0.15) is 0 Å². The molecule has 9 nitrogen and oxygen atoms in total. The molecule has 1 aliphatic rings. The zero-order valence-electron chi connectivity index (χ0n) is 23.7. The zero-order chi connectivity index (χ0) is 29.4. The number of oxime groups is 1. The summed E-state index contributed by atoms with van der Waals surface area (Å²) in [5, 5.41) is 17.2. The molecule has 3 aromatic carbocycles. The third-order valence-corrected chi connectivity index (χ3v) is 7.62. The fourth-order valence-corrected chi connectivity index (χ4v) is 4.88. The van der Waals surface area contributed by atoms with Crippen LogP contribution in [0.2, 0.25) is 0 Å². The summed E-state index contributed by atoms with van der Waals surface area (Å²) in [4.78, 5) is 44.0. The number of ether oxygens (including phenoxy) is 3. The second kappa shape index (κ2) is 13.7. The molecule has 0 saturated carbocycles. The van der Waals surface area contributed by atoms with Crippen molar-refractivity contribution < 1.29 is 38.5 Å². The summed E-state index contributed by atoms with van der Waals surface area (Å²) in [6.45, 7) is 5.44. The van der Waals surface area contributed by atoms with Crippen molar-refractivity contribution in [2.75, 3.05) is 26.4 Å². The largest absolute Gasteiger partial charge is 0.463 e. The Morgan fingerprint density at radius 3 is 2.29 bits per heavy atom. The van der Waals surface area contributed by atoms with E-state index in [2.05, 4.69) is 11.2 Å². The average Bonchev–Trinajstić information content (AvgIpc) is 3.82. The Bertz CT molecular complexity index is 1360. The minimum Gasteiger partial charge on any atom is -0.463 e. The lowest BCUT2D eigenvalue weighted by Crippen LogP contribution is -2.36. The van der Waals surface area contributed by atoms with E-state index in [1.807, 2.05) is 55.5 Å². The van der Waals surface area contributed by atoms with Crippen LogP contribution in [0.25, 0.3) is 21.5 Å². The molecule has 3 aromatic rings. The van der Waals surface area contributed by atoms with E-state index in [-0.39, 0.29) is 38.8 Å². The molecule has 1 aliphatic heterocycles. The summed E-state index contributed by atoms with van der Waals surface area (Å²) in [5.41, 5.74) is -0.145. The SMILES string of the molecule is CCC(C)(CC(CC(C)C(=O)O/N=C/c1c2ccccc2cc2ccccc12)C(=O)OCCO)C(=O)OCC1CO1. The van der Waals surface area contributed by atoms with Crippen LogP contribution in [0, 0.1) is 17.3 Å². The topological polar surface area (TPSA) is 124 Å². The Hall–Kier alpha value is -3.82. The highest BCUT2D eigenvalue weighted by Crippen LogP contribution is 2.35. The number of benzene rings is 3. The fourth-order valence-electron chi connectivity index (χ4n) is 4.88. The van der Waals surface area contributed by atoms with E-state index in [9.17, 15) is 14.4 Å². The maximum absolute atomic E-state index is 13.0. The Labute approximate surface area is 239 Å². The molecule has 1 N–H and O–H groups in total. The van der Waals surface area contributed by atoms with Gasteiger partial charge in [0.2, 0.25) is 0 Å². The smallest absolute Gasteiger partial charge is 0.337 e. The Kier molecular flexibility index (Phi) is 10.1. The Morgan fingerprint density at radius 1 is 1.07 bits per heavy atom. The molecule has 1 fully saturated rings. The number of aliphatic hydroxyl groups excluding tert-OH is 1. The first-order valence-corrected chi connectivity index (χ1v) is 14.0. The van der Waals surface area contributed by atoms with Crippen molar-refractivity contribution in [1.82, 2.24) is 0 Å². The molecule has 0 amide bonds. The van der Waals surface area contributed by atoms with E-state index in [4.69, 9.17) is 24.2 Å². The van der Waals surface area contributed by atoms with E-state index >= 15 is 0 Å². The molecule has 0 spiro atoms. The minimum absolute atomic E-state index is 0.0738. The number of epoxide rings is 1. The van der Waals surface area contributed by atoms with Crippen LogP contribution in [0.15, 0.2) is 59.8 Å². The molecule has 4 atom stereocenters. The molecule has 218 valence electrons. The van der Waals surface area contributed by atoms with Crippen molar-refractivity contribution in [1.29, 1.82) is 0 Å². The van der Waals surface area contributed by atoms with Crippen molar-refractivity contribution in [2.45, 2.75) is 46.1 Å². The summed E-state index contributed by atoms with van der Waals surface area (Å²) < 4.78 is 15.7. The summed E-state index contributed by atoms with van der Waals surface area (Å²) in [6.07, 6.45) is 2.07.